The van der Waals surface area contributed by atoms with Crippen LogP contribution in [0.4, 0.5) is 26.0 Å². The zero-order valence-corrected chi connectivity index (χ0v) is 18.5. The molecule has 1 saturated heterocycles. The topological polar surface area (TPSA) is 98.3 Å². The lowest BCUT2D eigenvalue weighted by Gasteiger charge is -2.30. The van der Waals surface area contributed by atoms with Gasteiger partial charge in [0.05, 0.1) is 28.4 Å². The predicted octanol–water partition coefficient (Wildman–Crippen LogP) is 3.60. The van der Waals surface area contributed by atoms with Crippen molar-refractivity contribution in [1.82, 2.24) is 10.3 Å². The number of carbonyl (C=O) groups is 1. The van der Waals surface area contributed by atoms with E-state index in [0.29, 0.717) is 60.0 Å². The third-order valence-corrected chi connectivity index (χ3v) is 7.41. The molecule has 0 bridgehead atoms. The minimum Gasteiger partial charge on any atom is -0.398 e. The fourth-order valence-electron chi connectivity index (χ4n) is 4.47. The summed E-state index contributed by atoms with van der Waals surface area (Å²) >= 11 is 1.24. The standard InChI is InChI=1S/C23H22F2N6OS/c24-13-3-2-9-30(12-13)19-7-6-14(21(25)29-19)22-28-17-8-10-31(23(32)20(17)33-22)18-5-1-4-16(27)15(18)11-26/h1,4-7,13,22,28H,2-3,8-10,12,27H2. The highest BCUT2D eigenvalue weighted by Gasteiger charge is 2.38. The van der Waals surface area contributed by atoms with Crippen LogP contribution in [-0.2, 0) is 4.79 Å². The number of thioether (sulfide) groups is 1. The van der Waals surface area contributed by atoms with E-state index in [-0.39, 0.29) is 18.0 Å². The number of amides is 1. The minimum atomic E-state index is -0.929. The number of anilines is 3. The number of rotatable bonds is 3. The van der Waals surface area contributed by atoms with E-state index < -0.39 is 17.5 Å². The van der Waals surface area contributed by atoms with Crippen molar-refractivity contribution in [3.63, 3.8) is 0 Å². The molecule has 1 aromatic carbocycles. The van der Waals surface area contributed by atoms with Crippen LogP contribution in [0.5, 0.6) is 0 Å². The van der Waals surface area contributed by atoms with Gasteiger partial charge in [0.1, 0.15) is 23.4 Å². The number of hydrogen-bond acceptors (Lipinski definition) is 7. The third-order valence-electron chi connectivity index (χ3n) is 6.15. The second kappa shape index (κ2) is 8.56. The van der Waals surface area contributed by atoms with E-state index in [4.69, 9.17) is 5.73 Å². The summed E-state index contributed by atoms with van der Waals surface area (Å²) in [6, 6.07) is 10.5. The van der Waals surface area contributed by atoms with E-state index >= 15 is 0 Å². The van der Waals surface area contributed by atoms with Crippen LogP contribution in [0.3, 0.4) is 0 Å². The van der Waals surface area contributed by atoms with Crippen molar-refractivity contribution < 1.29 is 13.6 Å². The Balaban J connectivity index is 1.35. The molecule has 2 aromatic rings. The van der Waals surface area contributed by atoms with Crippen molar-refractivity contribution in [2.24, 2.45) is 0 Å². The molecule has 1 fully saturated rings. The van der Waals surface area contributed by atoms with Gasteiger partial charge in [-0.2, -0.15) is 9.65 Å². The lowest BCUT2D eigenvalue weighted by Crippen LogP contribution is -2.37. The van der Waals surface area contributed by atoms with Crippen molar-refractivity contribution >= 4 is 34.9 Å². The zero-order chi connectivity index (χ0) is 23.1. The molecule has 0 aliphatic carbocycles. The monoisotopic (exact) mass is 468 g/mol. The fourth-order valence-corrected chi connectivity index (χ4v) is 5.72. The molecule has 10 heteroatoms. The number of halogens is 2. The third kappa shape index (κ3) is 3.86. The van der Waals surface area contributed by atoms with Gasteiger partial charge >= 0.3 is 0 Å². The SMILES string of the molecule is N#Cc1c(N)cccc1N1CCC2=C(SC(c3ccc(N4CCCC(F)C4)nc3F)N2)C1=O. The molecule has 1 amide bonds. The van der Waals surface area contributed by atoms with Crippen LogP contribution < -0.4 is 20.9 Å². The predicted molar refractivity (Wildman–Crippen MR) is 124 cm³/mol. The highest BCUT2D eigenvalue weighted by atomic mass is 32.2. The van der Waals surface area contributed by atoms with Crippen molar-refractivity contribution in [3.8, 4) is 6.07 Å². The molecule has 4 heterocycles. The quantitative estimate of drug-likeness (QED) is 0.525. The molecule has 2 atom stereocenters. The number of hydrogen-bond donors (Lipinski definition) is 2. The van der Waals surface area contributed by atoms with E-state index in [1.807, 2.05) is 0 Å². The van der Waals surface area contributed by atoms with Gasteiger partial charge in [-0.3, -0.25) is 4.79 Å². The number of aromatic nitrogens is 1. The average Bonchev–Trinajstić information content (AvgIpc) is 3.24. The average molecular weight is 469 g/mol. The highest BCUT2D eigenvalue weighted by molar-refractivity contribution is 8.04. The van der Waals surface area contributed by atoms with Gasteiger partial charge in [-0.15, -0.1) is 0 Å². The molecule has 1 aromatic heterocycles. The normalized spacial score (nSPS) is 22.8. The summed E-state index contributed by atoms with van der Waals surface area (Å²) in [5.41, 5.74) is 8.07. The molecule has 0 spiro atoms. The molecule has 3 aliphatic rings. The van der Waals surface area contributed by atoms with Gasteiger partial charge in [0.25, 0.3) is 5.91 Å². The lowest BCUT2D eigenvalue weighted by molar-refractivity contribution is -0.114. The van der Waals surface area contributed by atoms with Gasteiger partial charge in [0.2, 0.25) is 5.95 Å². The summed E-state index contributed by atoms with van der Waals surface area (Å²) in [6.45, 7) is 1.25. The maximum Gasteiger partial charge on any atom is 0.266 e. The van der Waals surface area contributed by atoms with Crippen LogP contribution in [0, 0.1) is 17.3 Å². The number of alkyl halides is 1. The van der Waals surface area contributed by atoms with Crippen LogP contribution >= 0.6 is 11.8 Å². The number of nitriles is 1. The molecule has 0 radical (unpaired) electrons. The number of carbonyl (C=O) groups excluding carboxylic acids is 1. The minimum absolute atomic E-state index is 0.219. The number of nitrogens with one attached hydrogen (secondary N) is 1. The molecule has 3 aliphatic heterocycles. The number of nitrogens with zero attached hydrogens (tertiary/aromatic N) is 4. The molecule has 5 rings (SSSR count). The summed E-state index contributed by atoms with van der Waals surface area (Å²) < 4.78 is 28.7. The Kier molecular flexibility index (Phi) is 5.58. The van der Waals surface area contributed by atoms with Gasteiger partial charge in [-0.05, 0) is 37.1 Å². The number of nitrogens with two attached hydrogens (primary N) is 1. The number of nitrogen functional groups attached to an aromatic ring is 1. The lowest BCUT2D eigenvalue weighted by atomic mass is 10.1. The Labute approximate surface area is 194 Å². The summed E-state index contributed by atoms with van der Waals surface area (Å²) in [4.78, 5) is 21.1. The van der Waals surface area contributed by atoms with E-state index in [9.17, 15) is 18.8 Å². The Bertz CT molecular complexity index is 1200. The molecular formula is C23H22F2N6OS. The van der Waals surface area contributed by atoms with E-state index in [1.54, 1.807) is 40.1 Å². The van der Waals surface area contributed by atoms with E-state index in [1.165, 1.54) is 11.8 Å². The van der Waals surface area contributed by atoms with Crippen molar-refractivity contribution in [1.29, 1.82) is 5.26 Å². The van der Waals surface area contributed by atoms with Crippen LogP contribution in [0.25, 0.3) is 0 Å². The van der Waals surface area contributed by atoms with Crippen LogP contribution in [0.2, 0.25) is 0 Å². The second-order valence-electron chi connectivity index (χ2n) is 8.24. The highest BCUT2D eigenvalue weighted by Crippen LogP contribution is 2.45. The van der Waals surface area contributed by atoms with E-state index in [0.717, 1.165) is 5.70 Å². The van der Waals surface area contributed by atoms with Crippen LogP contribution in [0.15, 0.2) is 40.9 Å². The number of piperidine rings is 1. The largest absolute Gasteiger partial charge is 0.398 e. The summed E-state index contributed by atoms with van der Waals surface area (Å²) in [7, 11) is 0. The van der Waals surface area contributed by atoms with Gasteiger partial charge in [-0.25, -0.2) is 9.37 Å². The van der Waals surface area contributed by atoms with Gasteiger partial charge in [0.15, 0.2) is 0 Å². The second-order valence-corrected chi connectivity index (χ2v) is 9.36. The molecular weight excluding hydrogens is 446 g/mol. The number of pyridine rings is 1. The van der Waals surface area contributed by atoms with Crippen molar-refractivity contribution in [2.75, 3.05) is 35.2 Å². The molecule has 33 heavy (non-hydrogen) atoms. The van der Waals surface area contributed by atoms with E-state index in [2.05, 4.69) is 16.4 Å². The van der Waals surface area contributed by atoms with Gasteiger partial charge in [0, 0.05) is 30.8 Å². The summed E-state index contributed by atoms with van der Waals surface area (Å²) in [5, 5.41) is 12.2. The first kappa shape index (κ1) is 21.5. The molecule has 0 saturated carbocycles. The van der Waals surface area contributed by atoms with Gasteiger partial charge in [-0.1, -0.05) is 17.8 Å². The molecule has 3 N–H and O–H groups in total. The van der Waals surface area contributed by atoms with Crippen LogP contribution in [-0.4, -0.2) is 36.7 Å². The Morgan fingerprint density at radius 2 is 2.12 bits per heavy atom. The molecule has 170 valence electrons. The van der Waals surface area contributed by atoms with Crippen molar-refractivity contribution in [3.05, 3.63) is 58.0 Å². The summed E-state index contributed by atoms with van der Waals surface area (Å²) in [6.07, 6.45) is 0.847. The summed E-state index contributed by atoms with van der Waals surface area (Å²) in [5.74, 6) is -0.455. The first-order valence-corrected chi connectivity index (χ1v) is 11.7. The Hall–Kier alpha value is -3.32. The Morgan fingerprint density at radius 3 is 2.88 bits per heavy atom. The Morgan fingerprint density at radius 1 is 1.27 bits per heavy atom. The molecule has 2 unspecified atom stereocenters. The maximum atomic E-state index is 15.0. The fraction of sp³-hybridized carbons (Fsp3) is 0.348. The first-order chi connectivity index (χ1) is 16.0. The number of benzene rings is 1. The smallest absolute Gasteiger partial charge is 0.266 e. The first-order valence-electron chi connectivity index (χ1n) is 10.8. The van der Waals surface area contributed by atoms with Crippen molar-refractivity contribution in [2.45, 2.75) is 30.8 Å². The molecule has 7 nitrogen and oxygen atoms in total. The maximum absolute atomic E-state index is 15.0. The zero-order valence-electron chi connectivity index (χ0n) is 17.7. The van der Waals surface area contributed by atoms with Gasteiger partial charge < -0.3 is 20.9 Å². The van der Waals surface area contributed by atoms with Crippen LogP contribution in [0.1, 0.15) is 35.8 Å².